The molecule has 0 aromatic carbocycles. The first kappa shape index (κ1) is 8.04. The fourth-order valence-corrected chi connectivity index (χ4v) is 0.671. The van der Waals surface area contributed by atoms with Crippen molar-refractivity contribution in [2.45, 2.75) is 32.6 Å². The predicted octanol–water partition coefficient (Wildman–Crippen LogP) is 1.05. The molecule has 0 aliphatic heterocycles. The van der Waals surface area contributed by atoms with Gasteiger partial charge in [0.05, 0.1) is 0 Å². The Morgan fingerprint density at radius 3 is 2.64 bits per heavy atom. The molecule has 0 amide bonds. The molecule has 0 spiro atoms. The fraction of sp³-hybridized carbons (Fsp3) is 0.714. The van der Waals surface area contributed by atoms with Crippen molar-refractivity contribution in [1.82, 2.24) is 10.1 Å². The minimum absolute atomic E-state index is 0.154. The maximum absolute atomic E-state index is 10.6. The topological polar surface area (TPSA) is 58.9 Å². The second-order valence-corrected chi connectivity index (χ2v) is 3.16. The third-order valence-corrected chi connectivity index (χ3v) is 1.90. The van der Waals surface area contributed by atoms with E-state index in [9.17, 15) is 4.79 Å². The van der Waals surface area contributed by atoms with E-state index in [1.807, 2.05) is 20.8 Å². The third-order valence-electron chi connectivity index (χ3n) is 1.90. The van der Waals surface area contributed by atoms with Gasteiger partial charge in [-0.1, -0.05) is 20.8 Å². The molecule has 11 heavy (non-hydrogen) atoms. The fourth-order valence-electron chi connectivity index (χ4n) is 0.671. The van der Waals surface area contributed by atoms with E-state index >= 15 is 0 Å². The normalized spacial score (nSPS) is 11.9. The van der Waals surface area contributed by atoms with Crippen LogP contribution >= 0.6 is 0 Å². The smallest absolute Gasteiger partial charge is 0.361 e. The summed E-state index contributed by atoms with van der Waals surface area (Å²) in [4.78, 5) is 14.3. The molecule has 0 saturated heterocycles. The number of H-pyrrole nitrogens is 1. The molecule has 1 rings (SSSR count). The summed E-state index contributed by atoms with van der Waals surface area (Å²) in [5.74, 6) is 0.477. The first-order valence-electron chi connectivity index (χ1n) is 3.62. The monoisotopic (exact) mass is 156 g/mol. The van der Waals surface area contributed by atoms with Gasteiger partial charge in [-0.3, -0.25) is 0 Å². The molecule has 0 radical (unpaired) electrons. The van der Waals surface area contributed by atoms with Crippen LogP contribution in [0, 0.1) is 0 Å². The van der Waals surface area contributed by atoms with Crippen molar-refractivity contribution in [2.24, 2.45) is 0 Å². The van der Waals surface area contributed by atoms with Crippen LogP contribution in [0.25, 0.3) is 0 Å². The van der Waals surface area contributed by atoms with Gasteiger partial charge in [0.1, 0.15) is 0 Å². The Morgan fingerprint density at radius 2 is 2.27 bits per heavy atom. The molecule has 1 heterocycles. The molecule has 1 aromatic rings. The van der Waals surface area contributed by atoms with Crippen LogP contribution in [0.1, 0.15) is 33.1 Å². The number of aromatic amines is 1. The van der Waals surface area contributed by atoms with Crippen molar-refractivity contribution in [3.63, 3.8) is 0 Å². The highest BCUT2D eigenvalue weighted by molar-refractivity contribution is 4.96. The van der Waals surface area contributed by atoms with Gasteiger partial charge in [-0.25, -0.2) is 4.79 Å². The summed E-state index contributed by atoms with van der Waals surface area (Å²) in [6, 6.07) is 0. The molecule has 1 N–H and O–H groups in total. The maximum atomic E-state index is 10.6. The van der Waals surface area contributed by atoms with Crippen molar-refractivity contribution in [3.8, 4) is 0 Å². The standard InChI is InChI=1S/C7H12N2O2/c1-4-7(2,3)5-8-6(10)9-11-5/h4H2,1-3H3,(H,9,10). The number of nitrogens with one attached hydrogen (secondary N) is 1. The molecule has 0 atom stereocenters. The van der Waals surface area contributed by atoms with Crippen molar-refractivity contribution in [1.29, 1.82) is 0 Å². The van der Waals surface area contributed by atoms with Crippen LogP contribution < -0.4 is 5.69 Å². The van der Waals surface area contributed by atoms with Crippen molar-refractivity contribution >= 4 is 0 Å². The van der Waals surface area contributed by atoms with Gasteiger partial charge in [-0.05, 0) is 6.42 Å². The lowest BCUT2D eigenvalue weighted by Crippen LogP contribution is -2.17. The van der Waals surface area contributed by atoms with Crippen molar-refractivity contribution in [2.75, 3.05) is 0 Å². The second kappa shape index (κ2) is 2.53. The van der Waals surface area contributed by atoms with E-state index in [2.05, 4.69) is 10.1 Å². The van der Waals surface area contributed by atoms with Gasteiger partial charge in [0, 0.05) is 5.41 Å². The Morgan fingerprint density at radius 1 is 1.64 bits per heavy atom. The number of hydrogen-bond acceptors (Lipinski definition) is 3. The minimum atomic E-state index is -0.415. The van der Waals surface area contributed by atoms with Crippen LogP contribution in [0.15, 0.2) is 9.32 Å². The summed E-state index contributed by atoms with van der Waals surface area (Å²) in [5.41, 5.74) is -0.569. The summed E-state index contributed by atoms with van der Waals surface area (Å²) in [6.45, 7) is 5.98. The number of aromatic nitrogens is 2. The predicted molar refractivity (Wildman–Crippen MR) is 40.4 cm³/mol. The van der Waals surface area contributed by atoms with E-state index in [0.29, 0.717) is 5.89 Å². The summed E-state index contributed by atoms with van der Waals surface area (Å²) >= 11 is 0. The largest absolute Gasteiger partial charge is 0.377 e. The molecule has 62 valence electrons. The van der Waals surface area contributed by atoms with Crippen molar-refractivity contribution in [3.05, 3.63) is 16.4 Å². The van der Waals surface area contributed by atoms with Gasteiger partial charge < -0.3 is 4.52 Å². The van der Waals surface area contributed by atoms with E-state index in [-0.39, 0.29) is 5.41 Å². The van der Waals surface area contributed by atoms with E-state index in [4.69, 9.17) is 4.52 Å². The van der Waals surface area contributed by atoms with E-state index in [1.165, 1.54) is 0 Å². The minimum Gasteiger partial charge on any atom is -0.361 e. The molecule has 1 aromatic heterocycles. The highest BCUT2D eigenvalue weighted by Gasteiger charge is 2.24. The third kappa shape index (κ3) is 1.50. The maximum Gasteiger partial charge on any atom is 0.377 e. The molecule has 0 bridgehead atoms. The molecule has 0 saturated carbocycles. The van der Waals surface area contributed by atoms with Gasteiger partial charge in [0.2, 0.25) is 5.89 Å². The van der Waals surface area contributed by atoms with Gasteiger partial charge in [0.15, 0.2) is 0 Å². The lowest BCUT2D eigenvalue weighted by atomic mass is 9.90. The summed E-state index contributed by atoms with van der Waals surface area (Å²) < 4.78 is 4.87. The Kier molecular flexibility index (Phi) is 1.85. The molecular formula is C7H12N2O2. The number of hydrogen-bond donors (Lipinski definition) is 1. The Hall–Kier alpha value is -1.06. The quantitative estimate of drug-likeness (QED) is 0.696. The SMILES string of the molecule is CCC(C)(C)c1nc(=O)[nH]o1. The average molecular weight is 156 g/mol. The summed E-state index contributed by atoms with van der Waals surface area (Å²) in [6.07, 6.45) is 0.890. The lowest BCUT2D eigenvalue weighted by molar-refractivity contribution is 0.300. The van der Waals surface area contributed by atoms with Gasteiger partial charge in [-0.2, -0.15) is 10.1 Å². The average Bonchev–Trinajstić information content (AvgIpc) is 2.36. The van der Waals surface area contributed by atoms with Crippen LogP contribution in [0.5, 0.6) is 0 Å². The zero-order valence-corrected chi connectivity index (χ0v) is 6.97. The summed E-state index contributed by atoms with van der Waals surface area (Å²) in [5, 5.41) is 2.17. The molecule has 4 heteroatoms. The Balaban J connectivity index is 3.01. The van der Waals surface area contributed by atoms with Gasteiger partial charge >= 0.3 is 5.69 Å². The zero-order chi connectivity index (χ0) is 8.48. The second-order valence-electron chi connectivity index (χ2n) is 3.16. The molecule has 4 nitrogen and oxygen atoms in total. The van der Waals surface area contributed by atoms with Crippen LogP contribution in [0.4, 0.5) is 0 Å². The zero-order valence-electron chi connectivity index (χ0n) is 6.97. The first-order valence-corrected chi connectivity index (χ1v) is 3.62. The van der Waals surface area contributed by atoms with E-state index < -0.39 is 5.69 Å². The molecule has 0 aliphatic carbocycles. The van der Waals surface area contributed by atoms with E-state index in [0.717, 1.165) is 6.42 Å². The van der Waals surface area contributed by atoms with E-state index in [1.54, 1.807) is 0 Å². The molecule has 0 unspecified atom stereocenters. The van der Waals surface area contributed by atoms with Crippen LogP contribution in [-0.2, 0) is 5.41 Å². The van der Waals surface area contributed by atoms with Crippen LogP contribution in [-0.4, -0.2) is 10.1 Å². The Bertz CT molecular complexity index is 285. The number of rotatable bonds is 2. The Labute approximate surface area is 64.6 Å². The highest BCUT2D eigenvalue weighted by atomic mass is 16.5. The highest BCUT2D eigenvalue weighted by Crippen LogP contribution is 2.22. The number of nitrogens with zero attached hydrogens (tertiary/aromatic N) is 1. The first-order chi connectivity index (χ1) is 5.06. The van der Waals surface area contributed by atoms with Gasteiger partial charge in [-0.15, -0.1) is 0 Å². The summed E-state index contributed by atoms with van der Waals surface area (Å²) in [7, 11) is 0. The lowest BCUT2D eigenvalue weighted by Gasteiger charge is -2.15. The van der Waals surface area contributed by atoms with Crippen molar-refractivity contribution < 1.29 is 4.52 Å². The molecule has 0 aliphatic rings. The molecular weight excluding hydrogens is 144 g/mol. The van der Waals surface area contributed by atoms with Crippen LogP contribution in [0.3, 0.4) is 0 Å². The van der Waals surface area contributed by atoms with Crippen LogP contribution in [0.2, 0.25) is 0 Å². The molecule has 0 fully saturated rings. The van der Waals surface area contributed by atoms with Gasteiger partial charge in [0.25, 0.3) is 0 Å².